The van der Waals surface area contributed by atoms with Crippen LogP contribution in [0.4, 0.5) is 0 Å². The van der Waals surface area contributed by atoms with E-state index in [1.54, 1.807) is 12.3 Å². The van der Waals surface area contributed by atoms with E-state index >= 15 is 0 Å². The Morgan fingerprint density at radius 2 is 2.40 bits per heavy atom. The second kappa shape index (κ2) is 7.00. The third kappa shape index (κ3) is 5.17. The van der Waals surface area contributed by atoms with E-state index in [0.717, 1.165) is 19.5 Å². The van der Waals surface area contributed by atoms with Crippen molar-refractivity contribution in [1.29, 1.82) is 0 Å². The first kappa shape index (κ1) is 11.7. The third-order valence-corrected chi connectivity index (χ3v) is 2.10. The molecule has 0 aromatic carbocycles. The molecule has 0 aliphatic carbocycles. The highest BCUT2D eigenvalue weighted by atomic mass is 32.1. The van der Waals surface area contributed by atoms with Gasteiger partial charge in [0.2, 0.25) is 0 Å². The molecule has 0 atom stereocenters. The number of hydrogen-bond acceptors (Lipinski definition) is 2. The molecule has 5 heteroatoms. The monoisotopic (exact) mass is 224 g/mol. The molecular formula is C10H16N4S. The van der Waals surface area contributed by atoms with Gasteiger partial charge in [0.25, 0.3) is 0 Å². The van der Waals surface area contributed by atoms with Crippen LogP contribution in [0.1, 0.15) is 6.42 Å². The predicted molar refractivity (Wildman–Crippen MR) is 65.6 cm³/mol. The topological polar surface area (TPSA) is 41.9 Å². The molecule has 0 saturated carbocycles. The molecule has 0 bridgehead atoms. The van der Waals surface area contributed by atoms with Gasteiger partial charge in [-0.3, -0.25) is 4.68 Å². The van der Waals surface area contributed by atoms with E-state index in [1.165, 1.54) is 0 Å². The Morgan fingerprint density at radius 1 is 1.53 bits per heavy atom. The number of nitrogens with one attached hydrogen (secondary N) is 2. The largest absolute Gasteiger partial charge is 0.363 e. The molecule has 0 unspecified atom stereocenters. The van der Waals surface area contributed by atoms with Gasteiger partial charge in [0.1, 0.15) is 0 Å². The van der Waals surface area contributed by atoms with Gasteiger partial charge in [-0.2, -0.15) is 5.10 Å². The van der Waals surface area contributed by atoms with E-state index in [1.807, 2.05) is 16.9 Å². The van der Waals surface area contributed by atoms with Gasteiger partial charge in [-0.25, -0.2) is 0 Å². The Labute approximate surface area is 95.4 Å². The number of aromatic nitrogens is 2. The summed E-state index contributed by atoms with van der Waals surface area (Å²) in [6.07, 6.45) is 6.51. The predicted octanol–water partition coefficient (Wildman–Crippen LogP) is 0.923. The van der Waals surface area contributed by atoms with Crippen molar-refractivity contribution in [2.75, 3.05) is 13.1 Å². The van der Waals surface area contributed by atoms with Crippen LogP contribution in [0.2, 0.25) is 0 Å². The van der Waals surface area contributed by atoms with Crippen molar-refractivity contribution in [3.63, 3.8) is 0 Å². The molecular weight excluding hydrogens is 208 g/mol. The zero-order valence-corrected chi connectivity index (χ0v) is 9.46. The zero-order chi connectivity index (χ0) is 10.9. The number of rotatable bonds is 6. The minimum atomic E-state index is 0.676. The quantitative estimate of drug-likeness (QED) is 0.428. The van der Waals surface area contributed by atoms with E-state index in [-0.39, 0.29) is 0 Å². The number of nitrogens with zero attached hydrogens (tertiary/aromatic N) is 2. The van der Waals surface area contributed by atoms with Gasteiger partial charge in [0.05, 0.1) is 0 Å². The first-order valence-corrected chi connectivity index (χ1v) is 5.34. The number of thiocarbonyl (C=S) groups is 1. The molecule has 4 nitrogen and oxygen atoms in total. The second-order valence-corrected chi connectivity index (χ2v) is 3.46. The maximum absolute atomic E-state index is 5.04. The van der Waals surface area contributed by atoms with Crippen molar-refractivity contribution in [3.05, 3.63) is 31.1 Å². The summed E-state index contributed by atoms with van der Waals surface area (Å²) in [6, 6.07) is 1.92. The average molecular weight is 224 g/mol. The molecule has 0 aliphatic rings. The van der Waals surface area contributed by atoms with Crippen LogP contribution in [-0.2, 0) is 6.54 Å². The summed E-state index contributed by atoms with van der Waals surface area (Å²) in [7, 11) is 0. The highest BCUT2D eigenvalue weighted by Crippen LogP contribution is 1.87. The van der Waals surface area contributed by atoms with Crippen molar-refractivity contribution >= 4 is 17.3 Å². The molecule has 0 spiro atoms. The van der Waals surface area contributed by atoms with Crippen LogP contribution in [0.25, 0.3) is 0 Å². The van der Waals surface area contributed by atoms with Crippen molar-refractivity contribution in [2.45, 2.75) is 13.0 Å². The van der Waals surface area contributed by atoms with Crippen LogP contribution in [0.15, 0.2) is 31.1 Å². The summed E-state index contributed by atoms with van der Waals surface area (Å²) in [5.41, 5.74) is 0. The molecule has 2 N–H and O–H groups in total. The van der Waals surface area contributed by atoms with Crippen LogP contribution in [0, 0.1) is 0 Å². The van der Waals surface area contributed by atoms with Crippen LogP contribution in [0.5, 0.6) is 0 Å². The highest BCUT2D eigenvalue weighted by molar-refractivity contribution is 7.80. The molecule has 0 aliphatic heterocycles. The van der Waals surface area contributed by atoms with E-state index in [2.05, 4.69) is 22.3 Å². The second-order valence-electron chi connectivity index (χ2n) is 3.05. The lowest BCUT2D eigenvalue weighted by Gasteiger charge is -2.08. The fourth-order valence-corrected chi connectivity index (χ4v) is 1.29. The summed E-state index contributed by atoms with van der Waals surface area (Å²) in [5, 5.41) is 10.9. The van der Waals surface area contributed by atoms with Crippen LogP contribution >= 0.6 is 12.2 Å². The lowest BCUT2D eigenvalue weighted by molar-refractivity contribution is 0.572. The van der Waals surface area contributed by atoms with Gasteiger partial charge in [0, 0.05) is 32.0 Å². The Hall–Kier alpha value is -1.36. The maximum atomic E-state index is 5.04. The van der Waals surface area contributed by atoms with E-state index in [4.69, 9.17) is 12.2 Å². The van der Waals surface area contributed by atoms with Gasteiger partial charge in [-0.05, 0) is 24.7 Å². The lowest BCUT2D eigenvalue weighted by atomic mass is 10.4. The lowest BCUT2D eigenvalue weighted by Crippen LogP contribution is -2.36. The van der Waals surface area contributed by atoms with Gasteiger partial charge in [-0.1, -0.05) is 6.08 Å². The molecule has 1 heterocycles. The minimum absolute atomic E-state index is 0.676. The van der Waals surface area contributed by atoms with E-state index < -0.39 is 0 Å². The summed E-state index contributed by atoms with van der Waals surface area (Å²) in [5.74, 6) is 0. The highest BCUT2D eigenvalue weighted by Gasteiger charge is 1.93. The van der Waals surface area contributed by atoms with Gasteiger partial charge in [0.15, 0.2) is 5.11 Å². The first-order chi connectivity index (χ1) is 7.33. The minimum Gasteiger partial charge on any atom is -0.363 e. The van der Waals surface area contributed by atoms with Gasteiger partial charge in [-0.15, -0.1) is 6.58 Å². The van der Waals surface area contributed by atoms with Crippen molar-refractivity contribution < 1.29 is 0 Å². The molecule has 82 valence electrons. The third-order valence-electron chi connectivity index (χ3n) is 1.82. The Balaban J connectivity index is 2.01. The summed E-state index contributed by atoms with van der Waals surface area (Å²) < 4.78 is 1.90. The van der Waals surface area contributed by atoms with Crippen molar-refractivity contribution in [2.24, 2.45) is 0 Å². The number of hydrogen-bond donors (Lipinski definition) is 2. The fourth-order valence-electron chi connectivity index (χ4n) is 1.10. The van der Waals surface area contributed by atoms with E-state index in [9.17, 15) is 0 Å². The Bertz CT molecular complexity index is 294. The SMILES string of the molecule is C=CCNC(=S)NCCCn1cccn1. The smallest absolute Gasteiger partial charge is 0.166 e. The Kier molecular flexibility index (Phi) is 5.47. The standard InChI is InChI=1S/C10H16N4S/c1-2-5-11-10(15)12-6-3-8-14-9-4-7-13-14/h2,4,7,9H,1,3,5-6,8H2,(H2,11,12,15). The van der Waals surface area contributed by atoms with Crippen LogP contribution in [-0.4, -0.2) is 28.0 Å². The molecule has 0 fully saturated rings. The maximum Gasteiger partial charge on any atom is 0.166 e. The molecule has 1 aromatic rings. The molecule has 0 saturated heterocycles. The van der Waals surface area contributed by atoms with Gasteiger partial charge >= 0.3 is 0 Å². The van der Waals surface area contributed by atoms with E-state index in [0.29, 0.717) is 11.7 Å². The Morgan fingerprint density at radius 3 is 3.07 bits per heavy atom. The van der Waals surface area contributed by atoms with Gasteiger partial charge < -0.3 is 10.6 Å². The van der Waals surface area contributed by atoms with Crippen molar-refractivity contribution in [3.8, 4) is 0 Å². The van der Waals surface area contributed by atoms with Crippen molar-refractivity contribution in [1.82, 2.24) is 20.4 Å². The molecule has 0 amide bonds. The number of aryl methyl sites for hydroxylation is 1. The zero-order valence-electron chi connectivity index (χ0n) is 8.65. The summed E-state index contributed by atoms with van der Waals surface area (Å²) in [4.78, 5) is 0. The molecule has 15 heavy (non-hydrogen) atoms. The molecule has 1 rings (SSSR count). The van der Waals surface area contributed by atoms with Crippen LogP contribution in [0.3, 0.4) is 0 Å². The molecule has 1 aromatic heterocycles. The molecule has 0 radical (unpaired) electrons. The average Bonchev–Trinajstić information content (AvgIpc) is 2.74. The first-order valence-electron chi connectivity index (χ1n) is 4.93. The normalized spacial score (nSPS) is 9.60. The van der Waals surface area contributed by atoms with Crippen LogP contribution < -0.4 is 10.6 Å². The summed E-state index contributed by atoms with van der Waals surface area (Å²) in [6.45, 7) is 6.06. The summed E-state index contributed by atoms with van der Waals surface area (Å²) >= 11 is 5.04. The fraction of sp³-hybridized carbons (Fsp3) is 0.400.